The van der Waals surface area contributed by atoms with Crippen molar-refractivity contribution >= 4 is 39.5 Å². The van der Waals surface area contributed by atoms with Gasteiger partial charge in [0.25, 0.3) is 0 Å². The smallest absolute Gasteiger partial charge is 0.462 e. The minimum Gasteiger partial charge on any atom is -0.462 e. The summed E-state index contributed by atoms with van der Waals surface area (Å²) in [7, 11) is -9.92. The molecule has 0 fully saturated rings. The molecule has 0 rings (SSSR count). The normalized spacial score (nSPS) is 14.5. The van der Waals surface area contributed by atoms with Gasteiger partial charge in [-0.2, -0.15) is 0 Å². The SMILES string of the molecule is CCCCCCCCCCCCCCCCCCCCCCC(=O)O[C@H](COC(=O)CCCCCCCCCCCCCCCCCCCCC)COP(=O)(O)OC[C@@H](O)COP(=O)(O)OC[C@@H](COC(=O)CCCCCCCCC(C)CC)OC(=O)CCCCCCCCC(C)CC. The van der Waals surface area contributed by atoms with Crippen molar-refractivity contribution in [3.63, 3.8) is 0 Å². The molecular weight excluding hydrogens is 1290 g/mol. The summed E-state index contributed by atoms with van der Waals surface area (Å²) in [5, 5.41) is 10.6. The van der Waals surface area contributed by atoms with Gasteiger partial charge < -0.3 is 33.8 Å². The van der Waals surface area contributed by atoms with Crippen LogP contribution < -0.4 is 0 Å². The third kappa shape index (κ3) is 71.5. The molecule has 0 aromatic heterocycles. The molecule has 588 valence electrons. The number of carbonyl (C=O) groups is 4. The third-order valence-electron chi connectivity index (χ3n) is 19.4. The molecule has 0 aliphatic heterocycles. The molecule has 0 saturated carbocycles. The maximum absolute atomic E-state index is 13.1. The monoisotopic (exact) mass is 1450 g/mol. The Balaban J connectivity index is 5.20. The van der Waals surface area contributed by atoms with Crippen LogP contribution in [0.25, 0.3) is 0 Å². The largest absolute Gasteiger partial charge is 0.472 e. The van der Waals surface area contributed by atoms with Crippen LogP contribution in [-0.2, 0) is 65.4 Å². The first-order chi connectivity index (χ1) is 47.9. The summed E-state index contributed by atoms with van der Waals surface area (Å²) >= 11 is 0. The quantitative estimate of drug-likeness (QED) is 0.0222. The number of phosphoric ester groups is 2. The van der Waals surface area contributed by atoms with E-state index in [4.69, 9.17) is 37.0 Å². The molecular formula is C80H156O17P2. The Hall–Kier alpha value is -1.94. The summed E-state index contributed by atoms with van der Waals surface area (Å²) in [5.41, 5.74) is 0. The lowest BCUT2D eigenvalue weighted by Crippen LogP contribution is -2.30. The van der Waals surface area contributed by atoms with Gasteiger partial charge >= 0.3 is 39.5 Å². The van der Waals surface area contributed by atoms with Gasteiger partial charge in [0, 0.05) is 25.7 Å². The van der Waals surface area contributed by atoms with Crippen molar-refractivity contribution in [2.45, 2.75) is 439 Å². The van der Waals surface area contributed by atoms with E-state index in [0.717, 1.165) is 108 Å². The zero-order valence-electron chi connectivity index (χ0n) is 64.8. The molecule has 0 aromatic carbocycles. The fourth-order valence-electron chi connectivity index (χ4n) is 12.3. The van der Waals surface area contributed by atoms with Crippen molar-refractivity contribution in [2.24, 2.45) is 11.8 Å². The van der Waals surface area contributed by atoms with E-state index in [2.05, 4.69) is 41.5 Å². The molecule has 0 amide bonds. The van der Waals surface area contributed by atoms with E-state index < -0.39 is 97.5 Å². The molecule has 0 bridgehead atoms. The summed E-state index contributed by atoms with van der Waals surface area (Å²) < 4.78 is 68.6. The van der Waals surface area contributed by atoms with E-state index in [-0.39, 0.29) is 25.7 Å². The first-order valence-electron chi connectivity index (χ1n) is 41.6. The molecule has 3 N–H and O–H groups in total. The molecule has 0 radical (unpaired) electrons. The van der Waals surface area contributed by atoms with Crippen molar-refractivity contribution < 1.29 is 80.2 Å². The van der Waals surface area contributed by atoms with Crippen molar-refractivity contribution in [3.8, 4) is 0 Å². The summed E-state index contributed by atoms with van der Waals surface area (Å²) in [5.74, 6) is -0.665. The minimum atomic E-state index is -4.96. The highest BCUT2D eigenvalue weighted by atomic mass is 31.2. The second kappa shape index (κ2) is 71.7. The van der Waals surface area contributed by atoms with Crippen LogP contribution in [0.2, 0.25) is 0 Å². The lowest BCUT2D eigenvalue weighted by Gasteiger charge is -2.21. The van der Waals surface area contributed by atoms with Crippen LogP contribution in [-0.4, -0.2) is 96.7 Å². The van der Waals surface area contributed by atoms with Crippen LogP contribution >= 0.6 is 15.6 Å². The van der Waals surface area contributed by atoms with E-state index in [1.165, 1.54) is 231 Å². The fourth-order valence-corrected chi connectivity index (χ4v) is 13.9. The number of hydrogen-bond acceptors (Lipinski definition) is 15. The van der Waals surface area contributed by atoms with E-state index >= 15 is 0 Å². The van der Waals surface area contributed by atoms with Gasteiger partial charge in [-0.25, -0.2) is 9.13 Å². The molecule has 7 atom stereocenters. The average Bonchev–Trinajstić information content (AvgIpc) is 1.29. The molecule has 0 spiro atoms. The predicted molar refractivity (Wildman–Crippen MR) is 405 cm³/mol. The Morgan fingerprint density at radius 3 is 0.717 bits per heavy atom. The molecule has 4 unspecified atom stereocenters. The predicted octanol–water partition coefficient (Wildman–Crippen LogP) is 23.9. The average molecular weight is 1450 g/mol. The number of ether oxygens (including phenoxy) is 4. The molecule has 0 aromatic rings. The van der Waals surface area contributed by atoms with Crippen molar-refractivity contribution in [3.05, 3.63) is 0 Å². The molecule has 0 aliphatic carbocycles. The summed E-state index contributed by atoms with van der Waals surface area (Å²) in [4.78, 5) is 72.9. The number of unbranched alkanes of at least 4 members (excludes halogenated alkanes) is 47. The van der Waals surface area contributed by atoms with Gasteiger partial charge in [-0.05, 0) is 37.5 Å². The number of aliphatic hydroxyl groups is 1. The highest BCUT2D eigenvalue weighted by Gasteiger charge is 2.30. The van der Waals surface area contributed by atoms with Crippen LogP contribution in [0.4, 0.5) is 0 Å². The topological polar surface area (TPSA) is 237 Å². The highest BCUT2D eigenvalue weighted by molar-refractivity contribution is 7.47. The first kappa shape index (κ1) is 97.1. The van der Waals surface area contributed by atoms with Crippen LogP contribution in [0.3, 0.4) is 0 Å². The third-order valence-corrected chi connectivity index (χ3v) is 21.3. The molecule has 99 heavy (non-hydrogen) atoms. The van der Waals surface area contributed by atoms with Crippen LogP contribution in [0, 0.1) is 11.8 Å². The Morgan fingerprint density at radius 1 is 0.283 bits per heavy atom. The Kier molecular flexibility index (Phi) is 70.3. The lowest BCUT2D eigenvalue weighted by atomic mass is 10.00. The van der Waals surface area contributed by atoms with Crippen LogP contribution in [0.5, 0.6) is 0 Å². The highest BCUT2D eigenvalue weighted by Crippen LogP contribution is 2.45. The van der Waals surface area contributed by atoms with E-state index in [1.807, 2.05) is 0 Å². The van der Waals surface area contributed by atoms with E-state index in [1.54, 1.807) is 0 Å². The Bertz CT molecular complexity index is 1910. The van der Waals surface area contributed by atoms with Gasteiger partial charge in [-0.15, -0.1) is 0 Å². The van der Waals surface area contributed by atoms with Gasteiger partial charge in [0.15, 0.2) is 12.2 Å². The summed E-state index contributed by atoms with van der Waals surface area (Å²) in [6, 6.07) is 0. The molecule has 0 saturated heterocycles. The van der Waals surface area contributed by atoms with Gasteiger partial charge in [-0.3, -0.25) is 37.3 Å². The first-order valence-corrected chi connectivity index (χ1v) is 44.6. The maximum Gasteiger partial charge on any atom is 0.472 e. The summed E-state index contributed by atoms with van der Waals surface area (Å²) in [6.07, 6.45) is 61.4. The van der Waals surface area contributed by atoms with Crippen molar-refractivity contribution in [1.29, 1.82) is 0 Å². The van der Waals surface area contributed by atoms with E-state index in [9.17, 15) is 43.2 Å². The number of esters is 4. The van der Waals surface area contributed by atoms with Gasteiger partial charge in [-0.1, -0.05) is 369 Å². The van der Waals surface area contributed by atoms with Crippen LogP contribution in [0.15, 0.2) is 0 Å². The standard InChI is InChI=1S/C80H156O17P2/c1-7-11-13-15-17-19-21-23-25-27-29-31-33-35-37-39-41-43-52-58-64-79(84)96-75(68-90-77(82)62-56-50-42-40-38-36-34-32-30-28-26-24-22-20-18-16-14-12-8-2)70-94-98(86,87)92-66-74(81)67-93-99(88,89)95-71-76(97-80(85)65-59-53-47-45-49-55-61-73(6)10-4)69-91-78(83)63-57-51-46-44-48-54-60-72(5)9-3/h72-76,81H,7-71H2,1-6H3,(H,86,87)(H,88,89)/t72?,73?,74-,75-,76-/m1/s1. The molecule has 0 heterocycles. The van der Waals surface area contributed by atoms with Gasteiger partial charge in [0.1, 0.15) is 19.3 Å². The summed E-state index contributed by atoms with van der Waals surface area (Å²) in [6.45, 7) is 9.53. The van der Waals surface area contributed by atoms with Gasteiger partial charge in [0.05, 0.1) is 26.4 Å². The zero-order chi connectivity index (χ0) is 72.8. The fraction of sp³-hybridized carbons (Fsp3) is 0.950. The van der Waals surface area contributed by atoms with E-state index in [0.29, 0.717) is 25.7 Å². The Morgan fingerprint density at radius 2 is 0.485 bits per heavy atom. The van der Waals surface area contributed by atoms with Crippen molar-refractivity contribution in [2.75, 3.05) is 39.6 Å². The second-order valence-electron chi connectivity index (χ2n) is 29.3. The van der Waals surface area contributed by atoms with Gasteiger partial charge in [0.2, 0.25) is 0 Å². The number of aliphatic hydroxyl groups excluding tert-OH is 1. The minimum absolute atomic E-state index is 0.102. The zero-order valence-corrected chi connectivity index (χ0v) is 66.6. The Labute approximate surface area is 607 Å². The number of carbonyl (C=O) groups excluding carboxylic acids is 4. The maximum atomic E-state index is 13.1. The number of phosphoric acid groups is 2. The van der Waals surface area contributed by atoms with Crippen LogP contribution in [0.1, 0.15) is 420 Å². The second-order valence-corrected chi connectivity index (χ2v) is 32.2. The molecule has 17 nitrogen and oxygen atoms in total. The molecule has 19 heteroatoms. The lowest BCUT2D eigenvalue weighted by molar-refractivity contribution is -0.161. The number of rotatable bonds is 79. The van der Waals surface area contributed by atoms with Crippen molar-refractivity contribution in [1.82, 2.24) is 0 Å². The number of hydrogen-bond donors (Lipinski definition) is 3. The molecule has 0 aliphatic rings.